The van der Waals surface area contributed by atoms with Gasteiger partial charge in [-0.05, 0) is 56.2 Å². The Hall–Kier alpha value is -4.04. The van der Waals surface area contributed by atoms with Gasteiger partial charge in [-0.3, -0.25) is 4.79 Å². The monoisotopic (exact) mass is 465 g/mol. The number of nitrogens with zero attached hydrogens (tertiary/aromatic N) is 6. The molecule has 1 amide bonds. The number of likely N-dealkylation sites (tertiary alicyclic amines) is 1. The van der Waals surface area contributed by atoms with E-state index in [2.05, 4.69) is 39.9 Å². The maximum atomic E-state index is 13.1. The van der Waals surface area contributed by atoms with Gasteiger partial charge in [0, 0.05) is 53.7 Å². The summed E-state index contributed by atoms with van der Waals surface area (Å²) in [5.74, 6) is 0.0154. The molecule has 1 aliphatic heterocycles. The molecule has 1 unspecified atom stereocenters. The number of carbonyl (C=O) groups excluding carboxylic acids is 1. The molecule has 0 bridgehead atoms. The van der Waals surface area contributed by atoms with E-state index in [9.17, 15) is 4.79 Å². The average molecular weight is 466 g/mol. The lowest BCUT2D eigenvalue weighted by Gasteiger charge is -2.30. The quantitative estimate of drug-likeness (QED) is 0.437. The highest BCUT2D eigenvalue weighted by atomic mass is 16.2. The van der Waals surface area contributed by atoms with Gasteiger partial charge < -0.3 is 19.6 Å². The summed E-state index contributed by atoms with van der Waals surface area (Å²) < 4.78 is 4.27. The van der Waals surface area contributed by atoms with Crippen molar-refractivity contribution in [2.24, 2.45) is 5.73 Å². The molecule has 4 aromatic heterocycles. The average Bonchev–Trinajstić information content (AvgIpc) is 3.41. The van der Waals surface area contributed by atoms with Crippen LogP contribution in [0, 0.1) is 6.92 Å². The molecule has 1 fully saturated rings. The first-order valence-electron chi connectivity index (χ1n) is 12.0. The fraction of sp³-hybridized carbons (Fsp3) is 0.259. The summed E-state index contributed by atoms with van der Waals surface area (Å²) in [5.41, 5.74) is 12.4. The Morgan fingerprint density at radius 1 is 1.14 bits per heavy atom. The van der Waals surface area contributed by atoms with E-state index in [1.54, 1.807) is 6.20 Å². The van der Waals surface area contributed by atoms with E-state index in [0.717, 1.165) is 58.7 Å². The third-order valence-corrected chi connectivity index (χ3v) is 6.86. The number of amides is 1. The molecule has 1 aliphatic rings. The first kappa shape index (κ1) is 21.5. The molecule has 176 valence electrons. The number of fused-ring (bicyclic) bond motifs is 2. The Balaban J connectivity index is 1.43. The van der Waals surface area contributed by atoms with E-state index in [4.69, 9.17) is 10.7 Å². The Bertz CT molecular complexity index is 1540. The number of carbonyl (C=O) groups is 1. The number of aromatic nitrogens is 5. The molecule has 1 atom stereocenters. The molecule has 1 aromatic carbocycles. The predicted molar refractivity (Wildman–Crippen MR) is 135 cm³/mol. The minimum absolute atomic E-state index is 0.0154. The number of benzene rings is 1. The standard InChI is InChI=1S/C27H27N7O/c1-18-26(24-14-19-6-2-3-9-23(19)34(24)17-22-8-4-11-29-31-22)30-25-15-20(10-13-33(18)25)27(35)32-12-5-7-21(28)16-32/h2-4,6,8-11,13-15,21H,5,7,12,16-17,28H2,1H3. The van der Waals surface area contributed by atoms with Gasteiger partial charge in [0.15, 0.2) is 0 Å². The second kappa shape index (κ2) is 8.63. The smallest absolute Gasteiger partial charge is 0.254 e. The van der Waals surface area contributed by atoms with Gasteiger partial charge in [0.05, 0.1) is 17.9 Å². The van der Waals surface area contributed by atoms with E-state index in [0.29, 0.717) is 18.7 Å². The predicted octanol–water partition coefficient (Wildman–Crippen LogP) is 3.67. The lowest BCUT2D eigenvalue weighted by molar-refractivity contribution is 0.0709. The number of piperidine rings is 1. The number of aryl methyl sites for hydroxylation is 1. The van der Waals surface area contributed by atoms with E-state index < -0.39 is 0 Å². The molecular weight excluding hydrogens is 438 g/mol. The largest absolute Gasteiger partial charge is 0.337 e. The Morgan fingerprint density at radius 2 is 2.03 bits per heavy atom. The van der Waals surface area contributed by atoms with E-state index >= 15 is 0 Å². The SMILES string of the molecule is Cc1c(-c2cc3ccccc3n2Cc2cccnn2)nc2cc(C(=O)N3CCCC(N)C3)ccn12. The van der Waals surface area contributed by atoms with Crippen molar-refractivity contribution in [2.45, 2.75) is 32.4 Å². The number of pyridine rings is 1. The van der Waals surface area contributed by atoms with Gasteiger partial charge in [-0.1, -0.05) is 18.2 Å². The van der Waals surface area contributed by atoms with Crippen LogP contribution in [0.5, 0.6) is 0 Å². The van der Waals surface area contributed by atoms with Crippen LogP contribution in [0.25, 0.3) is 27.9 Å². The maximum absolute atomic E-state index is 13.1. The van der Waals surface area contributed by atoms with Gasteiger partial charge in [0.1, 0.15) is 11.3 Å². The molecule has 0 aliphatic carbocycles. The van der Waals surface area contributed by atoms with Crippen LogP contribution in [0.15, 0.2) is 67.0 Å². The summed E-state index contributed by atoms with van der Waals surface area (Å²) in [5, 5.41) is 9.48. The molecule has 5 heterocycles. The van der Waals surface area contributed by atoms with Crippen LogP contribution in [0.2, 0.25) is 0 Å². The highest BCUT2D eigenvalue weighted by Gasteiger charge is 2.24. The number of imidazole rings is 1. The van der Waals surface area contributed by atoms with Crippen LogP contribution in [0.1, 0.15) is 34.6 Å². The van der Waals surface area contributed by atoms with Crippen LogP contribution >= 0.6 is 0 Å². The van der Waals surface area contributed by atoms with Crippen molar-refractivity contribution < 1.29 is 4.79 Å². The first-order chi connectivity index (χ1) is 17.1. The number of nitrogens with two attached hydrogens (primary N) is 1. The topological polar surface area (TPSA) is 94.3 Å². The first-order valence-corrected chi connectivity index (χ1v) is 12.0. The van der Waals surface area contributed by atoms with E-state index in [1.165, 1.54) is 0 Å². The van der Waals surface area contributed by atoms with Gasteiger partial charge in [0.2, 0.25) is 0 Å². The Morgan fingerprint density at radius 3 is 2.86 bits per heavy atom. The number of hydrogen-bond acceptors (Lipinski definition) is 5. The minimum Gasteiger partial charge on any atom is -0.337 e. The second-order valence-electron chi connectivity index (χ2n) is 9.23. The second-order valence-corrected chi connectivity index (χ2v) is 9.23. The van der Waals surface area contributed by atoms with Gasteiger partial charge in [0.25, 0.3) is 5.91 Å². The van der Waals surface area contributed by atoms with Crippen molar-refractivity contribution in [3.63, 3.8) is 0 Å². The lowest BCUT2D eigenvalue weighted by atomic mass is 10.1. The Labute approximate surface area is 203 Å². The van der Waals surface area contributed by atoms with E-state index in [-0.39, 0.29) is 11.9 Å². The maximum Gasteiger partial charge on any atom is 0.254 e. The normalized spacial score (nSPS) is 16.3. The fourth-order valence-corrected chi connectivity index (χ4v) is 5.08. The van der Waals surface area contributed by atoms with Crippen LogP contribution in [0.3, 0.4) is 0 Å². The lowest BCUT2D eigenvalue weighted by Crippen LogP contribution is -2.45. The molecule has 8 nitrogen and oxygen atoms in total. The van der Waals surface area contributed by atoms with Crippen molar-refractivity contribution >= 4 is 22.5 Å². The number of rotatable bonds is 4. The fourth-order valence-electron chi connectivity index (χ4n) is 5.08. The highest BCUT2D eigenvalue weighted by molar-refractivity contribution is 5.95. The van der Waals surface area contributed by atoms with Crippen molar-refractivity contribution in [3.05, 3.63) is 83.9 Å². The zero-order valence-corrected chi connectivity index (χ0v) is 19.6. The Kier molecular flexibility index (Phi) is 5.30. The molecule has 35 heavy (non-hydrogen) atoms. The van der Waals surface area contributed by atoms with Crippen LogP contribution < -0.4 is 5.73 Å². The van der Waals surface area contributed by atoms with Crippen LogP contribution in [0.4, 0.5) is 0 Å². The summed E-state index contributed by atoms with van der Waals surface area (Å²) in [6.07, 6.45) is 5.53. The summed E-state index contributed by atoms with van der Waals surface area (Å²) >= 11 is 0. The molecule has 2 N–H and O–H groups in total. The zero-order chi connectivity index (χ0) is 23.9. The number of hydrogen-bond donors (Lipinski definition) is 1. The third-order valence-electron chi connectivity index (χ3n) is 6.86. The van der Waals surface area contributed by atoms with Gasteiger partial charge in [-0.2, -0.15) is 10.2 Å². The van der Waals surface area contributed by atoms with Crippen LogP contribution in [-0.2, 0) is 6.54 Å². The molecular formula is C27H27N7O. The highest BCUT2D eigenvalue weighted by Crippen LogP contribution is 2.31. The van der Waals surface area contributed by atoms with Crippen LogP contribution in [-0.4, -0.2) is 54.1 Å². The van der Waals surface area contributed by atoms with Gasteiger partial charge in [-0.25, -0.2) is 4.98 Å². The van der Waals surface area contributed by atoms with Gasteiger partial charge >= 0.3 is 0 Å². The summed E-state index contributed by atoms with van der Waals surface area (Å²) in [7, 11) is 0. The minimum atomic E-state index is 0.0154. The molecule has 6 rings (SSSR count). The zero-order valence-electron chi connectivity index (χ0n) is 19.6. The van der Waals surface area contributed by atoms with E-state index in [1.807, 2.05) is 51.9 Å². The summed E-state index contributed by atoms with van der Waals surface area (Å²) in [4.78, 5) is 20.0. The molecule has 1 saturated heterocycles. The summed E-state index contributed by atoms with van der Waals surface area (Å²) in [6.45, 7) is 4.00. The molecule has 0 spiro atoms. The van der Waals surface area contributed by atoms with Crippen molar-refractivity contribution in [3.8, 4) is 11.4 Å². The van der Waals surface area contributed by atoms with Gasteiger partial charge in [-0.15, -0.1) is 0 Å². The third kappa shape index (κ3) is 3.85. The molecule has 0 radical (unpaired) electrons. The molecule has 8 heteroatoms. The number of para-hydroxylation sites is 1. The molecule has 0 saturated carbocycles. The molecule has 5 aromatic rings. The van der Waals surface area contributed by atoms with Crippen molar-refractivity contribution in [1.82, 2.24) is 29.0 Å². The van der Waals surface area contributed by atoms with Crippen molar-refractivity contribution in [2.75, 3.05) is 13.1 Å². The summed E-state index contributed by atoms with van der Waals surface area (Å²) in [6, 6.07) is 18.2. The van der Waals surface area contributed by atoms with Crippen molar-refractivity contribution in [1.29, 1.82) is 0 Å².